The zero-order valence-electron chi connectivity index (χ0n) is 10.9. The highest BCUT2D eigenvalue weighted by Crippen LogP contribution is 2.31. The van der Waals surface area contributed by atoms with E-state index in [1.165, 1.54) is 24.8 Å². The summed E-state index contributed by atoms with van der Waals surface area (Å²) in [5.41, 5.74) is 2.33. The quantitative estimate of drug-likeness (QED) is 0.653. The lowest BCUT2D eigenvalue weighted by Crippen LogP contribution is -2.31. The standard InChI is InChI=1S/C14H21NO2.ClH/c1-2-3-4-6-15-7-5-11-8-13(16)14(17)9-12(11)10-15;/h8-9,16-17H,2-7,10H2,1H3;1H. The van der Waals surface area contributed by atoms with Crippen LogP contribution in [0.1, 0.15) is 37.3 Å². The Balaban J connectivity index is 0.00000162. The topological polar surface area (TPSA) is 43.7 Å². The van der Waals surface area contributed by atoms with Crippen LogP contribution in [0, 0.1) is 0 Å². The van der Waals surface area contributed by atoms with Gasteiger partial charge in [-0.15, -0.1) is 12.4 Å². The Morgan fingerprint density at radius 1 is 1.11 bits per heavy atom. The average Bonchev–Trinajstić information content (AvgIpc) is 2.31. The van der Waals surface area contributed by atoms with Crippen molar-refractivity contribution in [2.75, 3.05) is 13.1 Å². The van der Waals surface area contributed by atoms with Crippen LogP contribution in [-0.4, -0.2) is 28.2 Å². The molecule has 2 rings (SSSR count). The molecule has 0 unspecified atom stereocenters. The number of unbranched alkanes of at least 4 members (excludes halogenated alkanes) is 2. The van der Waals surface area contributed by atoms with Crippen molar-refractivity contribution in [2.45, 2.75) is 39.2 Å². The van der Waals surface area contributed by atoms with E-state index >= 15 is 0 Å². The number of hydrogen-bond donors (Lipinski definition) is 2. The van der Waals surface area contributed by atoms with Crippen LogP contribution in [0.4, 0.5) is 0 Å². The van der Waals surface area contributed by atoms with E-state index in [0.717, 1.165) is 31.6 Å². The second-order valence-electron chi connectivity index (χ2n) is 4.84. The third-order valence-electron chi connectivity index (χ3n) is 3.47. The number of halogens is 1. The molecule has 0 saturated carbocycles. The zero-order chi connectivity index (χ0) is 12.3. The van der Waals surface area contributed by atoms with Crippen molar-refractivity contribution in [3.8, 4) is 11.5 Å². The van der Waals surface area contributed by atoms with Crippen molar-refractivity contribution in [1.29, 1.82) is 0 Å². The molecule has 4 heteroatoms. The van der Waals surface area contributed by atoms with Crippen molar-refractivity contribution in [2.24, 2.45) is 0 Å². The third-order valence-corrected chi connectivity index (χ3v) is 3.47. The van der Waals surface area contributed by atoms with Gasteiger partial charge in [-0.2, -0.15) is 0 Å². The summed E-state index contributed by atoms with van der Waals surface area (Å²) in [5.74, 6) is 0.00217. The first-order valence-electron chi connectivity index (χ1n) is 6.46. The van der Waals surface area contributed by atoms with E-state index in [-0.39, 0.29) is 23.9 Å². The number of aromatic hydroxyl groups is 2. The van der Waals surface area contributed by atoms with Crippen LogP contribution < -0.4 is 0 Å². The molecule has 18 heavy (non-hydrogen) atoms. The fourth-order valence-corrected chi connectivity index (χ4v) is 2.42. The first-order valence-corrected chi connectivity index (χ1v) is 6.46. The maximum atomic E-state index is 9.51. The van der Waals surface area contributed by atoms with Crippen LogP contribution >= 0.6 is 12.4 Å². The van der Waals surface area contributed by atoms with Crippen LogP contribution in [0.15, 0.2) is 12.1 Å². The van der Waals surface area contributed by atoms with Gasteiger partial charge in [0.1, 0.15) is 0 Å². The first kappa shape index (κ1) is 15.1. The summed E-state index contributed by atoms with van der Waals surface area (Å²) >= 11 is 0. The van der Waals surface area contributed by atoms with Crippen molar-refractivity contribution >= 4 is 12.4 Å². The summed E-state index contributed by atoms with van der Waals surface area (Å²) in [7, 11) is 0. The summed E-state index contributed by atoms with van der Waals surface area (Å²) < 4.78 is 0. The zero-order valence-corrected chi connectivity index (χ0v) is 11.7. The molecule has 1 aliphatic heterocycles. The molecule has 3 nitrogen and oxygen atoms in total. The Bertz CT molecular complexity index is 396. The van der Waals surface area contributed by atoms with Crippen LogP contribution in [0.25, 0.3) is 0 Å². The van der Waals surface area contributed by atoms with E-state index in [0.29, 0.717) is 0 Å². The van der Waals surface area contributed by atoms with Crippen molar-refractivity contribution in [3.05, 3.63) is 23.3 Å². The number of nitrogens with zero attached hydrogens (tertiary/aromatic N) is 1. The van der Waals surface area contributed by atoms with Crippen LogP contribution in [-0.2, 0) is 13.0 Å². The molecule has 0 amide bonds. The monoisotopic (exact) mass is 271 g/mol. The number of benzene rings is 1. The molecule has 0 spiro atoms. The van der Waals surface area contributed by atoms with E-state index in [2.05, 4.69) is 11.8 Å². The fourth-order valence-electron chi connectivity index (χ4n) is 2.42. The van der Waals surface area contributed by atoms with Crippen LogP contribution in [0.5, 0.6) is 11.5 Å². The summed E-state index contributed by atoms with van der Waals surface area (Å²) in [5, 5.41) is 19.0. The maximum absolute atomic E-state index is 9.51. The van der Waals surface area contributed by atoms with Gasteiger partial charge in [0.05, 0.1) is 0 Å². The molecule has 1 aromatic carbocycles. The summed E-state index contributed by atoms with van der Waals surface area (Å²) in [6, 6.07) is 3.41. The van der Waals surface area contributed by atoms with E-state index < -0.39 is 0 Å². The molecule has 0 aliphatic carbocycles. The van der Waals surface area contributed by atoms with Gasteiger partial charge in [0.25, 0.3) is 0 Å². The lowest BCUT2D eigenvalue weighted by molar-refractivity contribution is 0.247. The lowest BCUT2D eigenvalue weighted by Gasteiger charge is -2.28. The van der Waals surface area contributed by atoms with Crippen molar-refractivity contribution in [1.82, 2.24) is 4.90 Å². The van der Waals surface area contributed by atoms with Crippen molar-refractivity contribution < 1.29 is 10.2 Å². The lowest BCUT2D eigenvalue weighted by atomic mass is 9.98. The van der Waals surface area contributed by atoms with Gasteiger partial charge < -0.3 is 10.2 Å². The van der Waals surface area contributed by atoms with Crippen molar-refractivity contribution in [3.63, 3.8) is 0 Å². The average molecular weight is 272 g/mol. The molecule has 0 atom stereocenters. The molecular weight excluding hydrogens is 250 g/mol. The Kier molecular flexibility index (Phi) is 5.76. The van der Waals surface area contributed by atoms with Gasteiger partial charge in [-0.3, -0.25) is 4.90 Å². The Morgan fingerprint density at radius 2 is 1.78 bits per heavy atom. The van der Waals surface area contributed by atoms with E-state index in [9.17, 15) is 10.2 Å². The minimum atomic E-state index is -0.000779. The van der Waals surface area contributed by atoms with Gasteiger partial charge in [0.2, 0.25) is 0 Å². The minimum absolute atomic E-state index is 0. The second-order valence-corrected chi connectivity index (χ2v) is 4.84. The molecule has 0 radical (unpaired) electrons. The number of fused-ring (bicyclic) bond motifs is 1. The summed E-state index contributed by atoms with van der Waals surface area (Å²) in [4.78, 5) is 2.43. The number of rotatable bonds is 4. The predicted molar refractivity (Wildman–Crippen MR) is 75.5 cm³/mol. The summed E-state index contributed by atoms with van der Waals surface area (Å²) in [6.07, 6.45) is 4.74. The van der Waals surface area contributed by atoms with E-state index in [1.54, 1.807) is 12.1 Å². The molecular formula is C14H22ClNO2. The second kappa shape index (κ2) is 6.86. The number of phenolic OH excluding ortho intramolecular Hbond substituents is 2. The van der Waals surface area contributed by atoms with E-state index in [4.69, 9.17) is 0 Å². The van der Waals surface area contributed by atoms with Gasteiger partial charge in [0, 0.05) is 13.1 Å². The van der Waals surface area contributed by atoms with Crippen LogP contribution in [0.3, 0.4) is 0 Å². The molecule has 0 aromatic heterocycles. The molecule has 0 bridgehead atoms. The smallest absolute Gasteiger partial charge is 0.157 e. The highest BCUT2D eigenvalue weighted by molar-refractivity contribution is 5.85. The Hall–Kier alpha value is -0.930. The SMILES string of the molecule is CCCCCN1CCc2cc(O)c(O)cc2C1.Cl. The molecule has 0 fully saturated rings. The largest absolute Gasteiger partial charge is 0.504 e. The predicted octanol–water partition coefficient (Wildman–Crippen LogP) is 3.07. The Labute approximate surface area is 115 Å². The molecule has 2 N–H and O–H groups in total. The number of phenols is 2. The third kappa shape index (κ3) is 3.53. The van der Waals surface area contributed by atoms with Gasteiger partial charge >= 0.3 is 0 Å². The normalized spacial score (nSPS) is 14.9. The van der Waals surface area contributed by atoms with Gasteiger partial charge in [-0.05, 0) is 42.6 Å². The highest BCUT2D eigenvalue weighted by atomic mass is 35.5. The maximum Gasteiger partial charge on any atom is 0.157 e. The summed E-state index contributed by atoms with van der Waals surface area (Å²) in [6.45, 7) is 5.30. The number of hydrogen-bond acceptors (Lipinski definition) is 3. The fraction of sp³-hybridized carbons (Fsp3) is 0.571. The molecule has 102 valence electrons. The van der Waals surface area contributed by atoms with E-state index in [1.807, 2.05) is 0 Å². The minimum Gasteiger partial charge on any atom is -0.504 e. The van der Waals surface area contributed by atoms with Crippen LogP contribution in [0.2, 0.25) is 0 Å². The highest BCUT2D eigenvalue weighted by Gasteiger charge is 2.17. The van der Waals surface area contributed by atoms with Gasteiger partial charge in [0.15, 0.2) is 11.5 Å². The molecule has 1 aliphatic rings. The van der Waals surface area contributed by atoms with Gasteiger partial charge in [-0.25, -0.2) is 0 Å². The molecule has 1 aromatic rings. The molecule has 1 heterocycles. The first-order chi connectivity index (χ1) is 8.20. The molecule has 0 saturated heterocycles. The Morgan fingerprint density at radius 3 is 2.44 bits per heavy atom. The van der Waals surface area contributed by atoms with Gasteiger partial charge in [-0.1, -0.05) is 19.8 Å².